The summed E-state index contributed by atoms with van der Waals surface area (Å²) in [6.45, 7) is 4.19. The number of thioether (sulfide) groups is 1. The summed E-state index contributed by atoms with van der Waals surface area (Å²) < 4.78 is 4.76. The van der Waals surface area contributed by atoms with Gasteiger partial charge in [-0.3, -0.25) is 9.59 Å². The minimum atomic E-state index is -0.215. The van der Waals surface area contributed by atoms with Crippen molar-refractivity contribution in [1.29, 1.82) is 0 Å². The van der Waals surface area contributed by atoms with Crippen LogP contribution in [0.25, 0.3) is 0 Å². The van der Waals surface area contributed by atoms with Crippen molar-refractivity contribution in [3.63, 3.8) is 0 Å². The Kier molecular flexibility index (Phi) is 7.69. The van der Waals surface area contributed by atoms with Crippen LogP contribution in [-0.4, -0.2) is 31.3 Å². The third-order valence-corrected chi connectivity index (χ3v) is 4.80. The fourth-order valence-corrected chi connectivity index (χ4v) is 3.20. The minimum Gasteiger partial charge on any atom is -0.375 e. The highest BCUT2D eigenvalue weighted by Gasteiger charge is 2.05. The fraction of sp³-hybridized carbons (Fsp3) is 0.300. The van der Waals surface area contributed by atoms with Crippen LogP contribution in [-0.2, 0) is 14.3 Å². The highest BCUT2D eigenvalue weighted by molar-refractivity contribution is 7.99. The van der Waals surface area contributed by atoms with Gasteiger partial charge in [-0.25, -0.2) is 0 Å². The standard InChI is InChI=1S/C20H24N2O3S/c1-14-4-9-18(12-15(14)2)26-11-10-19(23)21-16-5-7-17(8-6-16)22-20(24)13-25-3/h4-9,12H,10-11,13H2,1-3H3,(H,21,23)(H,22,24). The molecular formula is C20H24N2O3S. The molecule has 0 saturated carbocycles. The van der Waals surface area contributed by atoms with E-state index in [-0.39, 0.29) is 18.4 Å². The molecule has 0 heterocycles. The molecule has 0 radical (unpaired) electrons. The number of carbonyl (C=O) groups excluding carboxylic acids is 2. The van der Waals surface area contributed by atoms with Crippen molar-refractivity contribution in [3.8, 4) is 0 Å². The third kappa shape index (κ3) is 6.54. The van der Waals surface area contributed by atoms with Crippen molar-refractivity contribution in [2.24, 2.45) is 0 Å². The second-order valence-corrected chi connectivity index (χ2v) is 7.12. The Hall–Kier alpha value is -2.31. The molecular weight excluding hydrogens is 348 g/mol. The average molecular weight is 372 g/mol. The molecule has 0 saturated heterocycles. The van der Waals surface area contributed by atoms with Gasteiger partial charge >= 0.3 is 0 Å². The van der Waals surface area contributed by atoms with E-state index in [1.54, 1.807) is 36.0 Å². The maximum absolute atomic E-state index is 12.1. The lowest BCUT2D eigenvalue weighted by atomic mass is 10.1. The zero-order valence-electron chi connectivity index (χ0n) is 15.3. The molecule has 0 spiro atoms. The SMILES string of the molecule is COCC(=O)Nc1ccc(NC(=O)CCSc2ccc(C)c(C)c2)cc1. The molecule has 0 bridgehead atoms. The van der Waals surface area contributed by atoms with E-state index in [9.17, 15) is 9.59 Å². The molecule has 0 aliphatic rings. The first-order valence-corrected chi connectivity index (χ1v) is 9.35. The van der Waals surface area contributed by atoms with Gasteiger partial charge in [-0.1, -0.05) is 6.07 Å². The molecule has 0 unspecified atom stereocenters. The van der Waals surface area contributed by atoms with E-state index < -0.39 is 0 Å². The van der Waals surface area contributed by atoms with Gasteiger partial charge in [-0.15, -0.1) is 11.8 Å². The van der Waals surface area contributed by atoms with Gasteiger partial charge in [0, 0.05) is 35.6 Å². The molecule has 2 aromatic rings. The molecule has 26 heavy (non-hydrogen) atoms. The largest absolute Gasteiger partial charge is 0.375 e. The van der Waals surface area contributed by atoms with E-state index in [0.717, 1.165) is 5.75 Å². The number of amides is 2. The van der Waals surface area contributed by atoms with E-state index in [0.29, 0.717) is 17.8 Å². The molecule has 0 aliphatic carbocycles. The molecule has 2 rings (SSSR count). The van der Waals surface area contributed by atoms with Crippen LogP contribution in [0.15, 0.2) is 47.4 Å². The van der Waals surface area contributed by atoms with Crippen LogP contribution in [0.3, 0.4) is 0 Å². The Balaban J connectivity index is 1.76. The molecule has 138 valence electrons. The van der Waals surface area contributed by atoms with Crippen molar-refractivity contribution in [2.45, 2.75) is 25.2 Å². The van der Waals surface area contributed by atoms with Crippen molar-refractivity contribution < 1.29 is 14.3 Å². The Labute approximate surface area is 158 Å². The Morgan fingerprint density at radius 2 is 1.54 bits per heavy atom. The first-order chi connectivity index (χ1) is 12.5. The zero-order chi connectivity index (χ0) is 18.9. The summed E-state index contributed by atoms with van der Waals surface area (Å²) in [5, 5.41) is 5.57. The molecule has 2 amide bonds. The molecule has 2 aromatic carbocycles. The van der Waals surface area contributed by atoms with Gasteiger partial charge in [-0.05, 0) is 61.4 Å². The van der Waals surface area contributed by atoms with Crippen molar-refractivity contribution in [3.05, 3.63) is 53.6 Å². The van der Waals surface area contributed by atoms with Gasteiger partial charge in [0.1, 0.15) is 6.61 Å². The van der Waals surface area contributed by atoms with Crippen molar-refractivity contribution >= 4 is 35.0 Å². The number of hydrogen-bond acceptors (Lipinski definition) is 4. The van der Waals surface area contributed by atoms with Crippen LogP contribution < -0.4 is 10.6 Å². The van der Waals surface area contributed by atoms with E-state index in [4.69, 9.17) is 4.74 Å². The van der Waals surface area contributed by atoms with Crippen LogP contribution in [0.4, 0.5) is 11.4 Å². The summed E-state index contributed by atoms with van der Waals surface area (Å²) >= 11 is 1.68. The number of rotatable bonds is 8. The Bertz CT molecular complexity index is 760. The van der Waals surface area contributed by atoms with Gasteiger partial charge in [0.2, 0.25) is 11.8 Å². The number of ether oxygens (including phenoxy) is 1. The Morgan fingerprint density at radius 1 is 0.923 bits per heavy atom. The van der Waals surface area contributed by atoms with E-state index in [1.807, 2.05) is 0 Å². The topological polar surface area (TPSA) is 67.4 Å². The van der Waals surface area contributed by atoms with Crippen LogP contribution in [0.1, 0.15) is 17.5 Å². The Morgan fingerprint density at radius 3 is 2.12 bits per heavy atom. The number of benzene rings is 2. The second kappa shape index (κ2) is 9.99. The van der Waals surface area contributed by atoms with Gasteiger partial charge in [0.25, 0.3) is 0 Å². The summed E-state index contributed by atoms with van der Waals surface area (Å²) in [6, 6.07) is 13.3. The minimum absolute atomic E-state index is 0.0106. The highest BCUT2D eigenvalue weighted by Crippen LogP contribution is 2.22. The molecule has 0 fully saturated rings. The number of anilines is 2. The lowest BCUT2D eigenvalue weighted by Crippen LogP contribution is -2.17. The molecule has 5 nitrogen and oxygen atoms in total. The number of aryl methyl sites for hydroxylation is 2. The second-order valence-electron chi connectivity index (χ2n) is 5.95. The first-order valence-electron chi connectivity index (χ1n) is 8.36. The van der Waals surface area contributed by atoms with Crippen LogP contribution in [0.2, 0.25) is 0 Å². The maximum atomic E-state index is 12.1. The molecule has 6 heteroatoms. The van der Waals surface area contributed by atoms with Gasteiger partial charge in [0.05, 0.1) is 0 Å². The predicted molar refractivity (Wildman–Crippen MR) is 107 cm³/mol. The highest BCUT2D eigenvalue weighted by atomic mass is 32.2. The van der Waals surface area contributed by atoms with Crippen LogP contribution in [0.5, 0.6) is 0 Å². The molecule has 0 atom stereocenters. The molecule has 2 N–H and O–H groups in total. The van der Waals surface area contributed by atoms with E-state index in [2.05, 4.69) is 42.7 Å². The molecule has 0 aromatic heterocycles. The number of nitrogens with one attached hydrogen (secondary N) is 2. The van der Waals surface area contributed by atoms with Crippen LogP contribution in [0, 0.1) is 13.8 Å². The van der Waals surface area contributed by atoms with Gasteiger partial charge < -0.3 is 15.4 Å². The number of carbonyl (C=O) groups is 2. The summed E-state index contributed by atoms with van der Waals surface area (Å²) in [5.41, 5.74) is 3.90. The number of hydrogen-bond donors (Lipinski definition) is 2. The third-order valence-electron chi connectivity index (χ3n) is 3.80. The maximum Gasteiger partial charge on any atom is 0.250 e. The smallest absolute Gasteiger partial charge is 0.250 e. The van der Waals surface area contributed by atoms with Gasteiger partial charge in [0.15, 0.2) is 0 Å². The summed E-state index contributed by atoms with van der Waals surface area (Å²) in [6.07, 6.45) is 0.434. The normalized spacial score (nSPS) is 10.4. The quantitative estimate of drug-likeness (QED) is 0.687. The fourth-order valence-electron chi connectivity index (χ4n) is 2.25. The van der Waals surface area contributed by atoms with E-state index >= 15 is 0 Å². The van der Waals surface area contributed by atoms with Crippen molar-refractivity contribution in [2.75, 3.05) is 30.1 Å². The van der Waals surface area contributed by atoms with Gasteiger partial charge in [-0.2, -0.15) is 0 Å². The monoisotopic (exact) mass is 372 g/mol. The zero-order valence-corrected chi connectivity index (χ0v) is 16.1. The lowest BCUT2D eigenvalue weighted by molar-refractivity contribution is -0.119. The van der Waals surface area contributed by atoms with Crippen molar-refractivity contribution in [1.82, 2.24) is 0 Å². The van der Waals surface area contributed by atoms with Crippen LogP contribution >= 0.6 is 11.8 Å². The first kappa shape index (κ1) is 20.0. The predicted octanol–water partition coefficient (Wildman–Crippen LogP) is 4.01. The summed E-state index contributed by atoms with van der Waals surface area (Å²) in [7, 11) is 1.47. The summed E-state index contributed by atoms with van der Waals surface area (Å²) in [5.74, 6) is 0.476. The lowest BCUT2D eigenvalue weighted by Gasteiger charge is -2.08. The van der Waals surface area contributed by atoms with E-state index in [1.165, 1.54) is 23.1 Å². The molecule has 0 aliphatic heterocycles. The average Bonchev–Trinajstić information content (AvgIpc) is 2.60. The number of methoxy groups -OCH3 is 1. The summed E-state index contributed by atoms with van der Waals surface area (Å²) in [4.78, 5) is 24.7.